The minimum Gasteiger partial charge on any atom is -0.349 e. The zero-order chi connectivity index (χ0) is 16.1. The van der Waals surface area contributed by atoms with E-state index in [4.69, 9.17) is 0 Å². The van der Waals surface area contributed by atoms with Gasteiger partial charge in [0.05, 0.1) is 12.5 Å². The third-order valence-corrected chi connectivity index (χ3v) is 4.38. The van der Waals surface area contributed by atoms with Gasteiger partial charge in [0, 0.05) is 37.1 Å². The van der Waals surface area contributed by atoms with Crippen molar-refractivity contribution in [3.05, 3.63) is 34.3 Å². The van der Waals surface area contributed by atoms with E-state index in [1.165, 1.54) is 6.92 Å². The largest absolute Gasteiger partial charge is 0.349 e. The van der Waals surface area contributed by atoms with E-state index >= 15 is 0 Å². The van der Waals surface area contributed by atoms with Crippen LogP contribution in [0.1, 0.15) is 31.9 Å². The zero-order valence-corrected chi connectivity index (χ0v) is 14.5. The van der Waals surface area contributed by atoms with Crippen molar-refractivity contribution in [1.29, 1.82) is 0 Å². The quantitative estimate of drug-likeness (QED) is 0.853. The molecule has 0 saturated carbocycles. The number of nitrogens with zero attached hydrogens (tertiary/aromatic N) is 1. The van der Waals surface area contributed by atoms with Crippen LogP contribution in [-0.4, -0.2) is 42.4 Å². The Bertz CT molecular complexity index is 533. The lowest BCUT2D eigenvalue weighted by Gasteiger charge is -2.35. The van der Waals surface area contributed by atoms with Gasteiger partial charge >= 0.3 is 0 Å². The standard InChI is InChI=1S/C16H22BrN3O2/c1-11-10-18-7-8-20(11)16(22)9-15(19-12(2)21)13-3-5-14(17)6-4-13/h3-6,11,15,18H,7-10H2,1-2H3,(H,19,21). The summed E-state index contributed by atoms with van der Waals surface area (Å²) in [5.74, 6) is -0.0512. The molecule has 5 nitrogen and oxygen atoms in total. The fourth-order valence-electron chi connectivity index (χ4n) is 2.70. The molecule has 22 heavy (non-hydrogen) atoms. The summed E-state index contributed by atoms with van der Waals surface area (Å²) in [6, 6.07) is 7.59. The second kappa shape index (κ2) is 7.74. The molecular formula is C16H22BrN3O2. The molecule has 120 valence electrons. The van der Waals surface area contributed by atoms with Gasteiger partial charge in [-0.15, -0.1) is 0 Å². The van der Waals surface area contributed by atoms with Crippen LogP contribution in [0.5, 0.6) is 0 Å². The Hall–Kier alpha value is -1.40. The maximum atomic E-state index is 12.6. The van der Waals surface area contributed by atoms with Gasteiger partial charge in [-0.3, -0.25) is 9.59 Å². The molecule has 0 radical (unpaired) electrons. The van der Waals surface area contributed by atoms with Gasteiger partial charge in [-0.2, -0.15) is 0 Å². The van der Waals surface area contributed by atoms with E-state index in [1.807, 2.05) is 36.1 Å². The Kier molecular flexibility index (Phi) is 5.97. The Labute approximate surface area is 139 Å². The van der Waals surface area contributed by atoms with Crippen molar-refractivity contribution in [2.24, 2.45) is 0 Å². The second-order valence-electron chi connectivity index (χ2n) is 5.65. The number of carbonyl (C=O) groups is 2. The Morgan fingerprint density at radius 2 is 2.09 bits per heavy atom. The number of hydrogen-bond acceptors (Lipinski definition) is 3. The summed E-state index contributed by atoms with van der Waals surface area (Å²) in [5, 5.41) is 6.16. The molecule has 1 aromatic carbocycles. The van der Waals surface area contributed by atoms with Gasteiger partial charge < -0.3 is 15.5 Å². The Morgan fingerprint density at radius 3 is 2.68 bits per heavy atom. The van der Waals surface area contributed by atoms with E-state index in [2.05, 4.69) is 26.6 Å². The lowest BCUT2D eigenvalue weighted by molar-refractivity contribution is -0.134. The summed E-state index contributed by atoms with van der Waals surface area (Å²) in [5.41, 5.74) is 0.939. The van der Waals surface area contributed by atoms with Crippen LogP contribution in [-0.2, 0) is 9.59 Å². The van der Waals surface area contributed by atoms with E-state index in [0.717, 1.165) is 23.1 Å². The van der Waals surface area contributed by atoms with Crippen LogP contribution >= 0.6 is 15.9 Å². The van der Waals surface area contributed by atoms with Gasteiger partial charge in [-0.05, 0) is 24.6 Å². The highest BCUT2D eigenvalue weighted by molar-refractivity contribution is 9.10. The number of piperazine rings is 1. The summed E-state index contributed by atoms with van der Waals surface area (Å²) in [6.45, 7) is 5.86. The van der Waals surface area contributed by atoms with Crippen molar-refractivity contribution >= 4 is 27.7 Å². The highest BCUT2D eigenvalue weighted by Gasteiger charge is 2.26. The first-order valence-corrected chi connectivity index (χ1v) is 8.29. The first-order valence-electron chi connectivity index (χ1n) is 7.50. The lowest BCUT2D eigenvalue weighted by atomic mass is 10.0. The molecule has 1 aromatic rings. The SMILES string of the molecule is CC(=O)NC(CC(=O)N1CCNCC1C)c1ccc(Br)cc1. The molecule has 0 spiro atoms. The molecule has 1 aliphatic heterocycles. The average Bonchev–Trinajstić information content (AvgIpc) is 2.47. The topological polar surface area (TPSA) is 61.4 Å². The molecule has 1 heterocycles. The third kappa shape index (κ3) is 4.55. The van der Waals surface area contributed by atoms with Crippen LogP contribution in [0, 0.1) is 0 Å². The average molecular weight is 368 g/mol. The van der Waals surface area contributed by atoms with E-state index < -0.39 is 0 Å². The van der Waals surface area contributed by atoms with Gasteiger partial charge in [0.15, 0.2) is 0 Å². The molecule has 0 bridgehead atoms. The molecular weight excluding hydrogens is 346 g/mol. The first kappa shape index (κ1) is 17.0. The van der Waals surface area contributed by atoms with Crippen molar-refractivity contribution in [3.8, 4) is 0 Å². The van der Waals surface area contributed by atoms with Gasteiger partial charge in [0.2, 0.25) is 11.8 Å². The number of amides is 2. The predicted octanol–water partition coefficient (Wildman–Crippen LogP) is 1.84. The number of hydrogen-bond donors (Lipinski definition) is 2. The molecule has 1 aliphatic rings. The smallest absolute Gasteiger partial charge is 0.225 e. The maximum absolute atomic E-state index is 12.6. The number of carbonyl (C=O) groups excluding carboxylic acids is 2. The van der Waals surface area contributed by atoms with Crippen molar-refractivity contribution < 1.29 is 9.59 Å². The van der Waals surface area contributed by atoms with Gasteiger partial charge in [-0.1, -0.05) is 28.1 Å². The molecule has 2 unspecified atom stereocenters. The number of rotatable bonds is 4. The molecule has 6 heteroatoms. The molecule has 1 fully saturated rings. The van der Waals surface area contributed by atoms with Crippen LogP contribution < -0.4 is 10.6 Å². The van der Waals surface area contributed by atoms with Gasteiger partial charge in [0.1, 0.15) is 0 Å². The number of halogens is 1. The summed E-state index contributed by atoms with van der Waals surface area (Å²) >= 11 is 3.40. The van der Waals surface area contributed by atoms with E-state index in [-0.39, 0.29) is 30.3 Å². The molecule has 0 aliphatic carbocycles. The zero-order valence-electron chi connectivity index (χ0n) is 12.9. The van der Waals surface area contributed by atoms with Crippen molar-refractivity contribution in [1.82, 2.24) is 15.5 Å². The van der Waals surface area contributed by atoms with E-state index in [1.54, 1.807) is 0 Å². The highest BCUT2D eigenvalue weighted by atomic mass is 79.9. The highest BCUT2D eigenvalue weighted by Crippen LogP contribution is 2.21. The van der Waals surface area contributed by atoms with E-state index in [9.17, 15) is 9.59 Å². The van der Waals surface area contributed by atoms with Crippen LogP contribution in [0.15, 0.2) is 28.7 Å². The fourth-order valence-corrected chi connectivity index (χ4v) is 2.96. The van der Waals surface area contributed by atoms with Crippen LogP contribution in [0.4, 0.5) is 0 Å². The van der Waals surface area contributed by atoms with Gasteiger partial charge in [-0.25, -0.2) is 0 Å². The molecule has 2 N–H and O–H groups in total. The van der Waals surface area contributed by atoms with Crippen molar-refractivity contribution in [3.63, 3.8) is 0 Å². The maximum Gasteiger partial charge on any atom is 0.225 e. The summed E-state index contributed by atoms with van der Waals surface area (Å²) < 4.78 is 0.972. The molecule has 2 amide bonds. The first-order chi connectivity index (χ1) is 10.5. The Balaban J connectivity index is 2.10. The molecule has 0 aromatic heterocycles. The minimum absolute atomic E-state index is 0.0793. The predicted molar refractivity (Wildman–Crippen MR) is 89.4 cm³/mol. The van der Waals surface area contributed by atoms with Crippen LogP contribution in [0.2, 0.25) is 0 Å². The molecule has 2 atom stereocenters. The molecule has 1 saturated heterocycles. The monoisotopic (exact) mass is 367 g/mol. The van der Waals surface area contributed by atoms with Crippen LogP contribution in [0.25, 0.3) is 0 Å². The Morgan fingerprint density at radius 1 is 1.41 bits per heavy atom. The summed E-state index contributed by atoms with van der Waals surface area (Å²) in [7, 11) is 0. The fraction of sp³-hybridized carbons (Fsp3) is 0.500. The molecule has 2 rings (SSSR count). The van der Waals surface area contributed by atoms with Crippen molar-refractivity contribution in [2.75, 3.05) is 19.6 Å². The van der Waals surface area contributed by atoms with Gasteiger partial charge in [0.25, 0.3) is 0 Å². The van der Waals surface area contributed by atoms with E-state index in [0.29, 0.717) is 6.54 Å². The van der Waals surface area contributed by atoms with Crippen LogP contribution in [0.3, 0.4) is 0 Å². The number of benzene rings is 1. The normalized spacial score (nSPS) is 19.6. The number of nitrogens with one attached hydrogen (secondary N) is 2. The van der Waals surface area contributed by atoms with Crippen molar-refractivity contribution in [2.45, 2.75) is 32.4 Å². The summed E-state index contributed by atoms with van der Waals surface area (Å²) in [6.07, 6.45) is 0.283. The lowest BCUT2D eigenvalue weighted by Crippen LogP contribution is -2.52. The summed E-state index contributed by atoms with van der Waals surface area (Å²) in [4.78, 5) is 25.9. The minimum atomic E-state index is -0.291. The second-order valence-corrected chi connectivity index (χ2v) is 6.56. The third-order valence-electron chi connectivity index (χ3n) is 3.85.